The van der Waals surface area contributed by atoms with Crippen molar-refractivity contribution in [1.82, 2.24) is 10.6 Å². The van der Waals surface area contributed by atoms with Crippen LogP contribution in [0.25, 0.3) is 0 Å². The Labute approximate surface area is 120 Å². The molecule has 0 radical (unpaired) electrons. The first-order valence-corrected chi connectivity index (χ1v) is 6.42. The molecule has 0 aliphatic carbocycles. The zero-order chi connectivity index (χ0) is 12.3. The number of carbonyl (C=O) groups excluding carboxylic acids is 1. The summed E-state index contributed by atoms with van der Waals surface area (Å²) in [6.07, 6.45) is 1.84. The fourth-order valence-corrected chi connectivity index (χ4v) is 2.39. The topological polar surface area (TPSA) is 41.1 Å². The molecule has 0 unspecified atom stereocenters. The highest BCUT2D eigenvalue weighted by molar-refractivity contribution is 9.10. The maximum Gasteiger partial charge on any atom is 0.251 e. The van der Waals surface area contributed by atoms with E-state index in [9.17, 15) is 9.18 Å². The lowest BCUT2D eigenvalue weighted by molar-refractivity contribution is 0.0929. The molecule has 0 spiro atoms. The first-order chi connectivity index (χ1) is 8.15. The number of carbonyl (C=O) groups is 1. The number of hydrogen-bond donors (Lipinski definition) is 2. The van der Waals surface area contributed by atoms with Gasteiger partial charge in [0.05, 0.1) is 0 Å². The van der Waals surface area contributed by atoms with Crippen LogP contribution in [0, 0.1) is 5.82 Å². The van der Waals surface area contributed by atoms with Crippen LogP contribution < -0.4 is 10.6 Å². The number of amides is 1. The van der Waals surface area contributed by atoms with Crippen molar-refractivity contribution in [2.45, 2.75) is 18.9 Å². The zero-order valence-electron chi connectivity index (χ0n) is 9.71. The van der Waals surface area contributed by atoms with Crippen LogP contribution in [0.2, 0.25) is 0 Å². The summed E-state index contributed by atoms with van der Waals surface area (Å²) in [5.74, 6) is -0.619. The van der Waals surface area contributed by atoms with Crippen LogP contribution in [0.5, 0.6) is 0 Å². The van der Waals surface area contributed by atoms with Gasteiger partial charge in [0.1, 0.15) is 5.82 Å². The quantitative estimate of drug-likeness (QED) is 0.870. The summed E-state index contributed by atoms with van der Waals surface area (Å²) < 4.78 is 13.7. The summed E-state index contributed by atoms with van der Waals surface area (Å²) >= 11 is 3.18. The maximum atomic E-state index is 13.1. The van der Waals surface area contributed by atoms with Gasteiger partial charge in [-0.3, -0.25) is 4.79 Å². The van der Waals surface area contributed by atoms with Crippen molar-refractivity contribution in [3.63, 3.8) is 0 Å². The van der Waals surface area contributed by atoms with Crippen molar-refractivity contribution < 1.29 is 9.18 Å². The fourth-order valence-electron chi connectivity index (χ4n) is 1.92. The molecule has 1 aliphatic rings. The van der Waals surface area contributed by atoms with Crippen LogP contribution in [0.1, 0.15) is 23.2 Å². The Bertz CT molecular complexity index is 404. The number of rotatable bonds is 2. The van der Waals surface area contributed by atoms with Gasteiger partial charge in [-0.05, 0) is 44.1 Å². The molecule has 1 aromatic carbocycles. The largest absolute Gasteiger partial charge is 0.349 e. The molecule has 1 aromatic rings. The minimum atomic E-state index is -0.408. The highest BCUT2D eigenvalue weighted by Gasteiger charge is 2.16. The van der Waals surface area contributed by atoms with Crippen molar-refractivity contribution in [2.75, 3.05) is 13.1 Å². The van der Waals surface area contributed by atoms with E-state index in [2.05, 4.69) is 26.6 Å². The van der Waals surface area contributed by atoms with E-state index in [1.807, 2.05) is 0 Å². The van der Waals surface area contributed by atoms with Crippen LogP contribution in [-0.4, -0.2) is 25.0 Å². The Morgan fingerprint density at radius 1 is 1.33 bits per heavy atom. The van der Waals surface area contributed by atoms with E-state index in [0.29, 0.717) is 10.0 Å². The Balaban J connectivity index is 0.00000162. The zero-order valence-corrected chi connectivity index (χ0v) is 12.1. The summed E-state index contributed by atoms with van der Waals surface area (Å²) in [7, 11) is 0. The minimum absolute atomic E-state index is 0. The highest BCUT2D eigenvalue weighted by atomic mass is 79.9. The van der Waals surface area contributed by atoms with E-state index >= 15 is 0 Å². The van der Waals surface area contributed by atoms with E-state index in [-0.39, 0.29) is 24.4 Å². The number of hydrogen-bond acceptors (Lipinski definition) is 2. The van der Waals surface area contributed by atoms with Crippen molar-refractivity contribution in [2.24, 2.45) is 0 Å². The van der Waals surface area contributed by atoms with E-state index in [4.69, 9.17) is 0 Å². The summed E-state index contributed by atoms with van der Waals surface area (Å²) in [5.41, 5.74) is 0.357. The van der Waals surface area contributed by atoms with E-state index in [0.717, 1.165) is 25.9 Å². The molecular weight excluding hydrogens is 322 g/mol. The number of halogens is 3. The standard InChI is InChI=1S/C12H14BrFN2O.ClH/c13-9-5-8(6-10(14)7-9)12(17)16-11-1-3-15-4-2-11;/h5-7,11,15H,1-4H2,(H,16,17);1H. The SMILES string of the molecule is Cl.O=C(NC1CCNCC1)c1cc(F)cc(Br)c1. The first kappa shape index (κ1) is 15.4. The van der Waals surface area contributed by atoms with Gasteiger partial charge in [0.15, 0.2) is 0 Å². The molecule has 100 valence electrons. The van der Waals surface area contributed by atoms with Crippen LogP contribution in [0.15, 0.2) is 22.7 Å². The average molecular weight is 338 g/mol. The minimum Gasteiger partial charge on any atom is -0.349 e. The summed E-state index contributed by atoms with van der Waals surface area (Å²) in [4.78, 5) is 11.9. The van der Waals surface area contributed by atoms with Crippen LogP contribution in [0.3, 0.4) is 0 Å². The van der Waals surface area contributed by atoms with Crippen LogP contribution >= 0.6 is 28.3 Å². The second-order valence-corrected chi connectivity index (χ2v) is 5.07. The smallest absolute Gasteiger partial charge is 0.251 e. The lowest BCUT2D eigenvalue weighted by atomic mass is 10.1. The molecule has 0 atom stereocenters. The molecule has 1 heterocycles. The highest BCUT2D eigenvalue weighted by Crippen LogP contribution is 2.15. The third kappa shape index (κ3) is 4.23. The second kappa shape index (κ2) is 7.07. The number of benzene rings is 1. The van der Waals surface area contributed by atoms with Gasteiger partial charge < -0.3 is 10.6 Å². The van der Waals surface area contributed by atoms with Crippen molar-refractivity contribution in [3.8, 4) is 0 Å². The second-order valence-electron chi connectivity index (χ2n) is 4.16. The summed E-state index contributed by atoms with van der Waals surface area (Å²) in [6.45, 7) is 1.83. The summed E-state index contributed by atoms with van der Waals surface area (Å²) in [6, 6.07) is 4.40. The number of nitrogens with one attached hydrogen (secondary N) is 2. The molecular formula is C12H15BrClFN2O. The van der Waals surface area contributed by atoms with Gasteiger partial charge >= 0.3 is 0 Å². The lowest BCUT2D eigenvalue weighted by Crippen LogP contribution is -2.42. The van der Waals surface area contributed by atoms with Gasteiger partial charge in [-0.1, -0.05) is 15.9 Å². The molecule has 3 nitrogen and oxygen atoms in total. The van der Waals surface area contributed by atoms with Crippen LogP contribution in [-0.2, 0) is 0 Å². The summed E-state index contributed by atoms with van der Waals surface area (Å²) in [5, 5.41) is 6.15. The number of piperidine rings is 1. The van der Waals surface area contributed by atoms with Crippen molar-refractivity contribution >= 4 is 34.2 Å². The van der Waals surface area contributed by atoms with Crippen molar-refractivity contribution in [3.05, 3.63) is 34.1 Å². The molecule has 1 aliphatic heterocycles. The normalized spacial score (nSPS) is 15.9. The fraction of sp³-hybridized carbons (Fsp3) is 0.417. The average Bonchev–Trinajstić information content (AvgIpc) is 2.29. The molecule has 6 heteroatoms. The Hall–Kier alpha value is -0.650. The van der Waals surface area contributed by atoms with Gasteiger partial charge in [-0.2, -0.15) is 0 Å². The Morgan fingerprint density at radius 3 is 2.61 bits per heavy atom. The Morgan fingerprint density at radius 2 is 2.00 bits per heavy atom. The maximum absolute atomic E-state index is 13.1. The van der Waals surface area contributed by atoms with Gasteiger partial charge in [-0.15, -0.1) is 12.4 Å². The predicted molar refractivity (Wildman–Crippen MR) is 74.7 cm³/mol. The Kier molecular flexibility index (Phi) is 6.05. The lowest BCUT2D eigenvalue weighted by Gasteiger charge is -2.23. The van der Waals surface area contributed by atoms with Crippen molar-refractivity contribution in [1.29, 1.82) is 0 Å². The monoisotopic (exact) mass is 336 g/mol. The molecule has 1 fully saturated rings. The van der Waals surface area contributed by atoms with Gasteiger partial charge in [0, 0.05) is 16.1 Å². The molecule has 0 saturated carbocycles. The van der Waals surface area contributed by atoms with Gasteiger partial charge in [0.25, 0.3) is 5.91 Å². The molecule has 0 aromatic heterocycles. The van der Waals surface area contributed by atoms with Gasteiger partial charge in [-0.25, -0.2) is 4.39 Å². The van der Waals surface area contributed by atoms with Gasteiger partial charge in [0.2, 0.25) is 0 Å². The molecule has 2 N–H and O–H groups in total. The van der Waals surface area contributed by atoms with E-state index in [1.165, 1.54) is 12.1 Å². The molecule has 2 rings (SSSR count). The third-order valence-electron chi connectivity index (χ3n) is 2.80. The molecule has 1 saturated heterocycles. The predicted octanol–water partition coefficient (Wildman–Crippen LogP) is 2.49. The van der Waals surface area contributed by atoms with E-state index in [1.54, 1.807) is 6.07 Å². The first-order valence-electron chi connectivity index (χ1n) is 5.63. The third-order valence-corrected chi connectivity index (χ3v) is 3.26. The molecule has 18 heavy (non-hydrogen) atoms. The molecule has 0 bridgehead atoms. The van der Waals surface area contributed by atoms with E-state index < -0.39 is 5.82 Å². The molecule has 1 amide bonds. The van der Waals surface area contributed by atoms with Crippen LogP contribution in [0.4, 0.5) is 4.39 Å².